The van der Waals surface area contributed by atoms with E-state index in [0.717, 1.165) is 6.92 Å². The highest BCUT2D eigenvalue weighted by Crippen LogP contribution is 2.15. The van der Waals surface area contributed by atoms with Gasteiger partial charge in [-0.1, -0.05) is 38.1 Å². The van der Waals surface area contributed by atoms with Gasteiger partial charge in [-0.15, -0.1) is 0 Å². The topological polar surface area (TPSA) is 522 Å². The first-order valence-electron chi connectivity index (χ1n) is 25.4. The lowest BCUT2D eigenvalue weighted by Gasteiger charge is -2.29. The number of aromatic nitrogens is 2. The lowest BCUT2D eigenvalue weighted by Crippen LogP contribution is -2.62. The van der Waals surface area contributed by atoms with Gasteiger partial charge in [-0.3, -0.25) is 48.3 Å². The number of hydrogen-bond donors (Lipinski definition) is 18. The molecule has 1 aromatic heterocycles. The zero-order chi connectivity index (χ0) is 59.6. The number of aliphatic hydroxyl groups excluding tert-OH is 1. The van der Waals surface area contributed by atoms with Crippen LogP contribution in [0.4, 0.5) is 0 Å². The quantitative estimate of drug-likeness (QED) is 0.0153. The Hall–Kier alpha value is -9.06. The third kappa shape index (κ3) is 23.3. The highest BCUT2D eigenvalue weighted by Gasteiger charge is 2.37. The molecule has 0 aliphatic heterocycles. The molecule has 3 rings (SSSR count). The van der Waals surface area contributed by atoms with E-state index in [0.29, 0.717) is 23.2 Å². The van der Waals surface area contributed by atoms with Gasteiger partial charge in [0.15, 0.2) is 11.9 Å². The van der Waals surface area contributed by atoms with Crippen LogP contribution in [0.1, 0.15) is 76.1 Å². The number of benzene rings is 2. The number of phenolic OH excluding ortho intramolecular Hbond substituents is 2. The van der Waals surface area contributed by atoms with Crippen molar-refractivity contribution in [3.63, 3.8) is 0 Å². The molecule has 0 saturated heterocycles. The van der Waals surface area contributed by atoms with Gasteiger partial charge in [0.1, 0.15) is 53.8 Å². The monoisotopic (exact) mass is 1120 g/mol. The van der Waals surface area contributed by atoms with E-state index in [2.05, 4.69) is 57.2 Å². The van der Waals surface area contributed by atoms with Crippen molar-refractivity contribution >= 4 is 65.2 Å². The first-order valence-corrected chi connectivity index (χ1v) is 25.4. The van der Waals surface area contributed by atoms with Gasteiger partial charge in [-0.25, -0.2) is 9.78 Å². The van der Waals surface area contributed by atoms with Gasteiger partial charge in [0.25, 0.3) is 0 Å². The van der Waals surface area contributed by atoms with Gasteiger partial charge in [-0.2, -0.15) is 0 Å². The number of hydrogen-bond acceptors (Lipinski definition) is 16. The molecule has 23 N–H and O–H groups in total. The number of aliphatic hydroxyl groups is 1. The average molecular weight is 1120 g/mol. The predicted molar refractivity (Wildman–Crippen MR) is 288 cm³/mol. The average Bonchev–Trinajstić information content (AvgIpc) is 3.93. The second kappa shape index (κ2) is 32.6. The maximum atomic E-state index is 14.3. The molecule has 9 atom stereocenters. The smallest absolute Gasteiger partial charge is 0.326 e. The molecule has 0 radical (unpaired) electrons. The number of aromatic amines is 1. The van der Waals surface area contributed by atoms with Gasteiger partial charge in [-0.05, 0) is 80.3 Å². The second-order valence-corrected chi connectivity index (χ2v) is 19.1. The summed E-state index contributed by atoms with van der Waals surface area (Å²) in [5.41, 5.74) is 28.8. The Bertz CT molecular complexity index is 2610. The summed E-state index contributed by atoms with van der Waals surface area (Å²) in [6.07, 6.45) is -0.539. The Labute approximate surface area is 460 Å². The van der Waals surface area contributed by atoms with Crippen LogP contribution in [-0.2, 0) is 62.4 Å². The number of nitrogens with one attached hydrogen (secondary N) is 8. The van der Waals surface area contributed by atoms with Crippen LogP contribution in [0.5, 0.6) is 11.5 Å². The first kappa shape index (κ1) is 65.2. The number of aliphatic imine (C=N–C) groups is 2. The van der Waals surface area contributed by atoms with E-state index in [1.54, 1.807) is 0 Å². The number of H-pyrrole nitrogens is 1. The van der Waals surface area contributed by atoms with E-state index in [1.807, 2.05) is 0 Å². The molecule has 0 unspecified atom stereocenters. The fraction of sp³-hybridized carbons (Fsp3) is 0.480. The molecule has 30 nitrogen and oxygen atoms in total. The van der Waals surface area contributed by atoms with E-state index in [-0.39, 0.29) is 75.0 Å². The van der Waals surface area contributed by atoms with E-state index in [1.165, 1.54) is 74.9 Å². The Morgan fingerprint density at radius 2 is 0.975 bits per heavy atom. The van der Waals surface area contributed by atoms with E-state index < -0.39 is 126 Å². The van der Waals surface area contributed by atoms with E-state index in [9.17, 15) is 68.7 Å². The van der Waals surface area contributed by atoms with Crippen molar-refractivity contribution in [2.45, 2.75) is 133 Å². The van der Waals surface area contributed by atoms with Crippen molar-refractivity contribution in [2.75, 3.05) is 13.1 Å². The number of carbonyl (C=O) groups excluding carboxylic acids is 7. The summed E-state index contributed by atoms with van der Waals surface area (Å²) in [6, 6.07) is -1.01. The number of guanidine groups is 2. The zero-order valence-electron chi connectivity index (χ0n) is 44.5. The molecular formula is C50H74N16O14. The number of phenols is 2. The Morgan fingerprint density at radius 1 is 0.550 bits per heavy atom. The minimum absolute atomic E-state index is 0.0370. The predicted octanol–water partition coefficient (Wildman–Crippen LogP) is -4.34. The van der Waals surface area contributed by atoms with Crippen molar-refractivity contribution in [1.82, 2.24) is 47.2 Å². The largest absolute Gasteiger partial charge is 0.508 e. The Kier molecular flexibility index (Phi) is 26.6. The molecule has 7 amide bonds. The lowest BCUT2D eigenvalue weighted by atomic mass is 10.00. The summed E-state index contributed by atoms with van der Waals surface area (Å²) in [5.74, 6) is -11.0. The van der Waals surface area contributed by atoms with Gasteiger partial charge >= 0.3 is 11.9 Å². The number of nitrogens with zero attached hydrogens (tertiary/aromatic N) is 3. The standard InChI is InChI=1S/C50H74N16O14/c1-25(2)39(65-43(74)34(16-17-38(70)71)61-42(73)33(7-5-19-58-50(54)55)60-41(72)32(51)6-4-18-57-49(52)53)46(77)63-36(22-29-23-56-24-59-29)45(76)66-40(26(3)67)47(78)62-35(20-27-8-12-30(68)13-9-27)44(75)64-37(48(79)80)21-28-10-14-31(69)15-11-28/h8-15,23-26,32-37,39-40,67-69H,4-7,16-22,51H2,1-3H3,(H,56,59)(H,60,72)(H,61,73)(H,62,78)(H,63,77)(H,64,75)(H,65,74)(H,66,76)(H,70,71)(H,79,80)(H4,52,53,57)(H4,54,55,58)/t26-,32+,33+,34+,35+,36+,37+,39+,40+/m1/s1. The van der Waals surface area contributed by atoms with Crippen LogP contribution in [0.15, 0.2) is 71.0 Å². The molecule has 1 heterocycles. The van der Waals surface area contributed by atoms with Gasteiger partial charge < -0.3 is 96.4 Å². The van der Waals surface area contributed by atoms with Crippen LogP contribution >= 0.6 is 0 Å². The van der Waals surface area contributed by atoms with Gasteiger partial charge in [0.05, 0.1) is 18.5 Å². The van der Waals surface area contributed by atoms with E-state index in [4.69, 9.17) is 28.7 Å². The van der Waals surface area contributed by atoms with Crippen LogP contribution in [0.3, 0.4) is 0 Å². The summed E-state index contributed by atoms with van der Waals surface area (Å²) >= 11 is 0. The summed E-state index contributed by atoms with van der Waals surface area (Å²) < 4.78 is 0. The summed E-state index contributed by atoms with van der Waals surface area (Å²) in [6.45, 7) is 4.43. The number of imidazole rings is 1. The third-order valence-electron chi connectivity index (χ3n) is 12.1. The van der Waals surface area contributed by atoms with Crippen LogP contribution in [-0.4, -0.2) is 168 Å². The van der Waals surface area contributed by atoms with Crippen molar-refractivity contribution < 1.29 is 68.7 Å². The molecule has 0 aliphatic carbocycles. The van der Waals surface area contributed by atoms with Crippen molar-refractivity contribution in [3.8, 4) is 11.5 Å². The minimum atomic E-state index is -1.84. The number of carboxylic acid groups (broad SMARTS) is 2. The van der Waals surface area contributed by atoms with E-state index >= 15 is 0 Å². The fourth-order valence-electron chi connectivity index (χ4n) is 7.72. The molecular weight excluding hydrogens is 1050 g/mol. The van der Waals surface area contributed by atoms with Crippen LogP contribution in [0, 0.1) is 5.92 Å². The molecule has 0 saturated carbocycles. The number of carbonyl (C=O) groups is 9. The SMILES string of the molecule is CC(C)[C@H](NC(=O)[C@H](CCC(=O)O)NC(=O)[C@H](CCCN=C(N)N)NC(=O)[C@@H](N)CCCN=C(N)N)C(=O)N[C@@H](Cc1cnc[nH]1)C(=O)N[C@H](C(=O)N[C@@H](Cc1ccc(O)cc1)C(=O)N[C@@H](Cc1ccc(O)cc1)C(=O)O)[C@@H](C)O. The molecule has 80 heavy (non-hydrogen) atoms. The zero-order valence-corrected chi connectivity index (χ0v) is 44.5. The van der Waals surface area contributed by atoms with Crippen molar-refractivity contribution in [1.29, 1.82) is 0 Å². The highest BCUT2D eigenvalue weighted by atomic mass is 16.4. The molecule has 0 bridgehead atoms. The van der Waals surface area contributed by atoms with Crippen LogP contribution < -0.4 is 65.9 Å². The summed E-state index contributed by atoms with van der Waals surface area (Å²) in [4.78, 5) is 136. The maximum absolute atomic E-state index is 14.3. The first-order chi connectivity index (χ1) is 37.7. The summed E-state index contributed by atoms with van der Waals surface area (Å²) in [5, 5.41) is 67.5. The number of nitrogens with two attached hydrogens (primary N) is 5. The highest BCUT2D eigenvalue weighted by molar-refractivity contribution is 5.98. The van der Waals surface area contributed by atoms with Gasteiger partial charge in [0.2, 0.25) is 41.4 Å². The normalized spacial score (nSPS) is 14.4. The lowest BCUT2D eigenvalue weighted by molar-refractivity contribution is -0.142. The molecule has 2 aromatic carbocycles. The molecule has 30 heteroatoms. The molecule has 438 valence electrons. The number of carboxylic acids is 2. The maximum Gasteiger partial charge on any atom is 0.326 e. The Morgan fingerprint density at radius 3 is 1.46 bits per heavy atom. The molecule has 0 spiro atoms. The van der Waals surface area contributed by atoms with Crippen LogP contribution in [0.25, 0.3) is 0 Å². The molecule has 0 aliphatic rings. The number of aromatic hydroxyl groups is 2. The number of rotatable bonds is 34. The molecule has 3 aromatic rings. The Balaban J connectivity index is 1.89. The van der Waals surface area contributed by atoms with Crippen molar-refractivity contribution in [2.24, 2.45) is 44.6 Å². The number of amides is 7. The van der Waals surface area contributed by atoms with Crippen molar-refractivity contribution in [3.05, 3.63) is 77.9 Å². The number of aliphatic carboxylic acids is 2. The van der Waals surface area contributed by atoms with Crippen LogP contribution in [0.2, 0.25) is 0 Å². The minimum Gasteiger partial charge on any atom is -0.508 e. The van der Waals surface area contributed by atoms with Gasteiger partial charge in [0, 0.05) is 50.7 Å². The summed E-state index contributed by atoms with van der Waals surface area (Å²) in [7, 11) is 0. The fourth-order valence-corrected chi connectivity index (χ4v) is 7.72. The molecule has 0 fully saturated rings. The third-order valence-corrected chi connectivity index (χ3v) is 12.1. The second-order valence-electron chi connectivity index (χ2n) is 19.1.